The Labute approximate surface area is 169 Å². The van der Waals surface area contributed by atoms with Crippen LogP contribution in [0, 0.1) is 0 Å². The highest BCUT2D eigenvalue weighted by Gasteiger charge is 2.27. The topological polar surface area (TPSA) is 73.5 Å². The van der Waals surface area contributed by atoms with Crippen molar-refractivity contribution in [3.05, 3.63) is 46.3 Å². The van der Waals surface area contributed by atoms with Crippen LogP contribution in [0.4, 0.5) is 10.7 Å². The number of benzene rings is 1. The Hall–Kier alpha value is -2.22. The number of carbonyl (C=O) groups excluding carboxylic acids is 2. The highest BCUT2D eigenvalue weighted by atomic mass is 32.1. The Kier molecular flexibility index (Phi) is 6.04. The van der Waals surface area contributed by atoms with Gasteiger partial charge in [-0.25, -0.2) is 0 Å². The molecule has 1 aliphatic carbocycles. The van der Waals surface area contributed by atoms with Crippen molar-refractivity contribution in [1.82, 2.24) is 10.2 Å². The van der Waals surface area contributed by atoms with Gasteiger partial charge in [0.2, 0.25) is 5.91 Å². The second kappa shape index (κ2) is 8.86. The number of piperazine rings is 1. The molecule has 0 radical (unpaired) electrons. The number of aryl methyl sites for hydroxylation is 1. The number of hydrogen-bond donors (Lipinski definition) is 3. The van der Waals surface area contributed by atoms with Crippen LogP contribution in [0.1, 0.15) is 33.6 Å². The van der Waals surface area contributed by atoms with Crippen LogP contribution in [0.2, 0.25) is 0 Å². The molecule has 0 atom stereocenters. The fourth-order valence-corrected chi connectivity index (χ4v) is 5.15. The number of nitrogens with zero attached hydrogens (tertiary/aromatic N) is 1. The van der Waals surface area contributed by atoms with E-state index in [9.17, 15) is 9.59 Å². The van der Waals surface area contributed by atoms with Gasteiger partial charge in [0, 0.05) is 36.7 Å². The lowest BCUT2D eigenvalue weighted by atomic mass is 9.95. The van der Waals surface area contributed by atoms with E-state index in [4.69, 9.17) is 0 Å². The summed E-state index contributed by atoms with van der Waals surface area (Å²) in [6.07, 6.45) is 4.11. The summed E-state index contributed by atoms with van der Waals surface area (Å²) < 4.78 is 0. The van der Waals surface area contributed by atoms with Gasteiger partial charge in [-0.15, -0.1) is 11.3 Å². The molecule has 7 heteroatoms. The van der Waals surface area contributed by atoms with Crippen LogP contribution in [0.25, 0.3) is 0 Å². The third-order valence-corrected chi connectivity index (χ3v) is 6.47. The van der Waals surface area contributed by atoms with Gasteiger partial charge in [0.15, 0.2) is 0 Å². The largest absolute Gasteiger partial charge is 0.322 e. The molecule has 1 fully saturated rings. The van der Waals surface area contributed by atoms with Gasteiger partial charge in [0.25, 0.3) is 5.91 Å². The SMILES string of the molecule is O=C(CN1CCNCC1)Nc1sc2c(c1C(=O)Nc1ccccc1)CCCC2. The van der Waals surface area contributed by atoms with Crippen LogP contribution in [0.15, 0.2) is 30.3 Å². The zero-order valence-corrected chi connectivity index (χ0v) is 16.7. The second-order valence-corrected chi connectivity index (χ2v) is 8.41. The third kappa shape index (κ3) is 4.43. The number of thiophene rings is 1. The lowest BCUT2D eigenvalue weighted by Gasteiger charge is -2.26. The maximum atomic E-state index is 13.1. The smallest absolute Gasteiger partial charge is 0.258 e. The van der Waals surface area contributed by atoms with Gasteiger partial charge < -0.3 is 16.0 Å². The van der Waals surface area contributed by atoms with Crippen LogP contribution in [-0.2, 0) is 17.6 Å². The number of amides is 2. The Morgan fingerprint density at radius 3 is 2.57 bits per heavy atom. The second-order valence-electron chi connectivity index (χ2n) is 7.31. The highest BCUT2D eigenvalue weighted by Crippen LogP contribution is 2.38. The summed E-state index contributed by atoms with van der Waals surface area (Å²) in [7, 11) is 0. The van der Waals surface area contributed by atoms with E-state index in [-0.39, 0.29) is 11.8 Å². The van der Waals surface area contributed by atoms with Crippen molar-refractivity contribution < 1.29 is 9.59 Å². The van der Waals surface area contributed by atoms with Gasteiger partial charge in [0.05, 0.1) is 12.1 Å². The van der Waals surface area contributed by atoms with Gasteiger partial charge in [0.1, 0.15) is 5.00 Å². The van der Waals surface area contributed by atoms with E-state index in [0.717, 1.165) is 63.1 Å². The molecule has 2 aromatic rings. The van der Waals surface area contributed by atoms with E-state index in [1.807, 2.05) is 30.3 Å². The number of carbonyl (C=O) groups is 2. The van der Waals surface area contributed by atoms with E-state index in [1.54, 1.807) is 11.3 Å². The first-order valence-electron chi connectivity index (χ1n) is 9.94. The molecule has 1 aromatic heterocycles. The molecule has 0 unspecified atom stereocenters. The van der Waals surface area contributed by atoms with Gasteiger partial charge in [-0.1, -0.05) is 18.2 Å². The molecule has 6 nitrogen and oxygen atoms in total. The molecule has 0 bridgehead atoms. The van der Waals surface area contributed by atoms with E-state index in [0.29, 0.717) is 17.1 Å². The van der Waals surface area contributed by atoms with Crippen molar-refractivity contribution in [3.63, 3.8) is 0 Å². The van der Waals surface area contributed by atoms with Gasteiger partial charge in [-0.2, -0.15) is 0 Å². The van der Waals surface area contributed by atoms with Crippen molar-refractivity contribution >= 4 is 33.8 Å². The average molecular weight is 399 g/mol. The molecule has 28 heavy (non-hydrogen) atoms. The van der Waals surface area contributed by atoms with Crippen LogP contribution in [-0.4, -0.2) is 49.4 Å². The van der Waals surface area contributed by atoms with Crippen molar-refractivity contribution in [2.75, 3.05) is 43.4 Å². The summed E-state index contributed by atoms with van der Waals surface area (Å²) >= 11 is 1.57. The monoisotopic (exact) mass is 398 g/mol. The molecule has 2 heterocycles. The predicted octanol–water partition coefficient (Wildman–Crippen LogP) is 2.72. The molecule has 0 spiro atoms. The van der Waals surface area contributed by atoms with Crippen molar-refractivity contribution in [2.45, 2.75) is 25.7 Å². The molecule has 0 saturated carbocycles. The summed E-state index contributed by atoms with van der Waals surface area (Å²) in [5, 5.41) is 10.0. The van der Waals surface area contributed by atoms with Gasteiger partial charge in [-0.3, -0.25) is 14.5 Å². The Morgan fingerprint density at radius 1 is 1.04 bits per heavy atom. The molecule has 1 aromatic carbocycles. The minimum Gasteiger partial charge on any atom is -0.322 e. The van der Waals surface area contributed by atoms with E-state index < -0.39 is 0 Å². The molecule has 4 rings (SSSR count). The van der Waals surface area contributed by atoms with Crippen molar-refractivity contribution in [2.24, 2.45) is 0 Å². The van der Waals surface area contributed by atoms with Crippen molar-refractivity contribution in [1.29, 1.82) is 0 Å². The number of rotatable bonds is 5. The van der Waals surface area contributed by atoms with Crippen LogP contribution in [0.5, 0.6) is 0 Å². The maximum absolute atomic E-state index is 13.1. The molecule has 1 aliphatic heterocycles. The standard InChI is InChI=1S/C21H26N4O2S/c26-18(14-25-12-10-22-11-13-25)24-21-19(16-8-4-5-9-17(16)28-21)20(27)23-15-6-2-1-3-7-15/h1-3,6-7,22H,4-5,8-14H2,(H,23,27)(H,24,26). The lowest BCUT2D eigenvalue weighted by molar-refractivity contribution is -0.117. The zero-order chi connectivity index (χ0) is 19.3. The normalized spacial score (nSPS) is 17.0. The molecule has 2 amide bonds. The summed E-state index contributed by atoms with van der Waals surface area (Å²) in [4.78, 5) is 29.1. The molecule has 3 N–H and O–H groups in total. The zero-order valence-electron chi connectivity index (χ0n) is 15.9. The molecule has 148 valence electrons. The summed E-state index contributed by atoms with van der Waals surface area (Å²) in [5.41, 5.74) is 2.53. The van der Waals surface area contributed by atoms with E-state index >= 15 is 0 Å². The Balaban J connectivity index is 1.53. The fraction of sp³-hybridized carbons (Fsp3) is 0.429. The summed E-state index contributed by atoms with van der Waals surface area (Å²) in [5.74, 6) is -0.183. The van der Waals surface area contributed by atoms with E-state index in [1.165, 1.54) is 4.88 Å². The average Bonchev–Trinajstić information content (AvgIpc) is 3.07. The minimum atomic E-state index is -0.136. The number of nitrogens with one attached hydrogen (secondary N) is 3. The number of anilines is 2. The van der Waals surface area contributed by atoms with Crippen molar-refractivity contribution in [3.8, 4) is 0 Å². The maximum Gasteiger partial charge on any atom is 0.258 e. The highest BCUT2D eigenvalue weighted by molar-refractivity contribution is 7.17. The third-order valence-electron chi connectivity index (χ3n) is 5.26. The van der Waals surface area contributed by atoms with Gasteiger partial charge >= 0.3 is 0 Å². The molecule has 1 saturated heterocycles. The molecular weight excluding hydrogens is 372 g/mol. The first-order valence-corrected chi connectivity index (χ1v) is 10.8. The number of fused-ring (bicyclic) bond motifs is 1. The minimum absolute atomic E-state index is 0.0470. The fourth-order valence-electron chi connectivity index (χ4n) is 3.85. The lowest BCUT2D eigenvalue weighted by Crippen LogP contribution is -2.46. The van der Waals surface area contributed by atoms with Gasteiger partial charge in [-0.05, 0) is 43.4 Å². The Morgan fingerprint density at radius 2 is 1.79 bits per heavy atom. The van der Waals surface area contributed by atoms with Crippen LogP contribution >= 0.6 is 11.3 Å². The number of hydrogen-bond acceptors (Lipinski definition) is 5. The summed E-state index contributed by atoms with van der Waals surface area (Å²) in [6.45, 7) is 3.92. The first-order chi connectivity index (χ1) is 13.7. The van der Waals surface area contributed by atoms with E-state index in [2.05, 4.69) is 20.9 Å². The molecular formula is C21H26N4O2S. The molecule has 2 aliphatic rings. The predicted molar refractivity (Wildman–Crippen MR) is 113 cm³/mol. The Bertz CT molecular complexity index is 844. The summed E-state index contributed by atoms with van der Waals surface area (Å²) in [6, 6.07) is 9.46. The quantitative estimate of drug-likeness (QED) is 0.724. The number of para-hydroxylation sites is 1. The van der Waals surface area contributed by atoms with Crippen LogP contribution < -0.4 is 16.0 Å². The first kappa shape index (κ1) is 19.1. The van der Waals surface area contributed by atoms with Crippen LogP contribution in [0.3, 0.4) is 0 Å².